The number of benzene rings is 1. The summed E-state index contributed by atoms with van der Waals surface area (Å²) in [5, 5.41) is 3.82. The molecule has 0 aromatic heterocycles. The van der Waals surface area contributed by atoms with Crippen molar-refractivity contribution in [1.29, 1.82) is 0 Å². The Hall–Kier alpha value is -0.640. The first-order chi connectivity index (χ1) is 10.1. The van der Waals surface area contributed by atoms with Crippen LogP contribution in [0.4, 0.5) is 4.39 Å². The van der Waals surface area contributed by atoms with Crippen molar-refractivity contribution in [3.05, 3.63) is 34.6 Å². The van der Waals surface area contributed by atoms with Crippen molar-refractivity contribution in [3.8, 4) is 0 Å². The van der Waals surface area contributed by atoms with E-state index in [1.165, 1.54) is 18.9 Å². The zero-order chi connectivity index (χ0) is 15.2. The predicted octanol–water partition coefficient (Wildman–Crippen LogP) is 3.94. The smallest absolute Gasteiger partial charge is 0.142 e. The fourth-order valence-electron chi connectivity index (χ4n) is 2.95. The molecule has 2 nitrogen and oxygen atoms in total. The molecule has 4 heteroatoms. The maximum atomic E-state index is 13.5. The summed E-state index contributed by atoms with van der Waals surface area (Å²) < 4.78 is 13.5. The molecule has 0 bridgehead atoms. The first-order valence-electron chi connectivity index (χ1n) is 7.92. The Morgan fingerprint density at radius 1 is 1.43 bits per heavy atom. The van der Waals surface area contributed by atoms with E-state index in [1.54, 1.807) is 6.07 Å². The van der Waals surface area contributed by atoms with Crippen LogP contribution in [0.25, 0.3) is 0 Å². The van der Waals surface area contributed by atoms with Gasteiger partial charge in [0.2, 0.25) is 0 Å². The molecule has 118 valence electrons. The van der Waals surface area contributed by atoms with Crippen LogP contribution in [0.15, 0.2) is 18.2 Å². The SMILES string of the molecule is CC(C)CNCC1CCCN(Cc2cccc(F)c2Cl)C1. The zero-order valence-electron chi connectivity index (χ0n) is 13.0. The van der Waals surface area contributed by atoms with E-state index >= 15 is 0 Å². The number of hydrogen-bond acceptors (Lipinski definition) is 2. The molecule has 1 N–H and O–H groups in total. The molecule has 1 aromatic carbocycles. The van der Waals surface area contributed by atoms with Crippen LogP contribution in [0.3, 0.4) is 0 Å². The molecule has 1 aromatic rings. The average Bonchev–Trinajstić information content (AvgIpc) is 2.44. The zero-order valence-corrected chi connectivity index (χ0v) is 13.8. The highest BCUT2D eigenvalue weighted by atomic mass is 35.5. The lowest BCUT2D eigenvalue weighted by atomic mass is 9.97. The van der Waals surface area contributed by atoms with Gasteiger partial charge in [0.15, 0.2) is 0 Å². The molecule has 1 saturated heterocycles. The number of rotatable bonds is 6. The number of nitrogens with zero attached hydrogens (tertiary/aromatic N) is 1. The van der Waals surface area contributed by atoms with Gasteiger partial charge in [-0.1, -0.05) is 37.6 Å². The van der Waals surface area contributed by atoms with Gasteiger partial charge in [0.25, 0.3) is 0 Å². The van der Waals surface area contributed by atoms with Gasteiger partial charge in [0.1, 0.15) is 5.82 Å². The number of hydrogen-bond donors (Lipinski definition) is 1. The predicted molar refractivity (Wildman–Crippen MR) is 87.1 cm³/mol. The standard InChI is InChI=1S/C17H26ClFN2/c1-13(2)9-20-10-14-5-4-8-21(11-14)12-15-6-3-7-16(19)17(15)18/h3,6-7,13-14,20H,4-5,8-12H2,1-2H3. The van der Waals surface area contributed by atoms with Gasteiger partial charge in [0, 0.05) is 13.1 Å². The van der Waals surface area contributed by atoms with Crippen LogP contribution in [0.5, 0.6) is 0 Å². The highest BCUT2D eigenvalue weighted by Crippen LogP contribution is 2.24. The van der Waals surface area contributed by atoms with Crippen LogP contribution in [0.1, 0.15) is 32.3 Å². The van der Waals surface area contributed by atoms with Crippen molar-refractivity contribution < 1.29 is 4.39 Å². The third-order valence-corrected chi connectivity index (χ3v) is 4.44. The molecule has 1 fully saturated rings. The molecular formula is C17H26ClFN2. The van der Waals surface area contributed by atoms with Crippen LogP contribution >= 0.6 is 11.6 Å². The molecule has 1 aliphatic rings. The van der Waals surface area contributed by atoms with Gasteiger partial charge >= 0.3 is 0 Å². The molecule has 1 heterocycles. The van der Waals surface area contributed by atoms with Gasteiger partial charge in [-0.3, -0.25) is 4.90 Å². The van der Waals surface area contributed by atoms with Crippen LogP contribution in [-0.4, -0.2) is 31.1 Å². The maximum Gasteiger partial charge on any atom is 0.142 e. The van der Waals surface area contributed by atoms with Gasteiger partial charge in [-0.2, -0.15) is 0 Å². The second kappa shape index (κ2) is 8.11. The summed E-state index contributed by atoms with van der Waals surface area (Å²) in [6.45, 7) is 9.50. The van der Waals surface area contributed by atoms with Crippen LogP contribution in [-0.2, 0) is 6.54 Å². The van der Waals surface area contributed by atoms with Crippen molar-refractivity contribution in [2.45, 2.75) is 33.2 Å². The minimum atomic E-state index is -0.318. The minimum absolute atomic E-state index is 0.276. The molecular weight excluding hydrogens is 287 g/mol. The third kappa shape index (κ3) is 5.24. The van der Waals surface area contributed by atoms with Crippen LogP contribution < -0.4 is 5.32 Å². The van der Waals surface area contributed by atoms with Gasteiger partial charge in [-0.15, -0.1) is 0 Å². The van der Waals surface area contributed by atoms with Gasteiger partial charge in [-0.05, 0) is 55.9 Å². The molecule has 0 radical (unpaired) electrons. The number of nitrogens with one attached hydrogen (secondary N) is 1. The monoisotopic (exact) mass is 312 g/mol. The van der Waals surface area contributed by atoms with Crippen molar-refractivity contribution in [2.75, 3.05) is 26.2 Å². The summed E-state index contributed by atoms with van der Waals surface area (Å²) in [7, 11) is 0. The first-order valence-corrected chi connectivity index (χ1v) is 8.30. The molecule has 1 unspecified atom stereocenters. The topological polar surface area (TPSA) is 15.3 Å². The quantitative estimate of drug-likeness (QED) is 0.856. The first kappa shape index (κ1) is 16.7. The molecule has 2 rings (SSSR count). The molecule has 21 heavy (non-hydrogen) atoms. The van der Waals surface area contributed by atoms with E-state index in [1.807, 2.05) is 6.07 Å². The maximum absolute atomic E-state index is 13.5. The minimum Gasteiger partial charge on any atom is -0.316 e. The van der Waals surface area contributed by atoms with E-state index in [0.29, 0.717) is 11.8 Å². The fraction of sp³-hybridized carbons (Fsp3) is 0.647. The molecule has 0 amide bonds. The molecule has 1 aliphatic heterocycles. The van der Waals surface area contributed by atoms with Gasteiger partial charge in [-0.25, -0.2) is 4.39 Å². The Morgan fingerprint density at radius 2 is 2.24 bits per heavy atom. The molecule has 0 spiro atoms. The highest BCUT2D eigenvalue weighted by Gasteiger charge is 2.20. The van der Waals surface area contributed by atoms with E-state index in [2.05, 4.69) is 24.1 Å². The van der Waals surface area contributed by atoms with Gasteiger partial charge < -0.3 is 5.32 Å². The number of likely N-dealkylation sites (tertiary alicyclic amines) is 1. The van der Waals surface area contributed by atoms with E-state index in [9.17, 15) is 4.39 Å². The van der Waals surface area contributed by atoms with Crippen molar-refractivity contribution in [3.63, 3.8) is 0 Å². The normalized spacial score (nSPS) is 20.1. The average molecular weight is 313 g/mol. The highest BCUT2D eigenvalue weighted by molar-refractivity contribution is 6.31. The van der Waals surface area contributed by atoms with E-state index in [4.69, 9.17) is 11.6 Å². The third-order valence-electron chi connectivity index (χ3n) is 4.01. The second-order valence-electron chi connectivity index (χ2n) is 6.51. The Labute approximate surface area is 132 Å². The lowest BCUT2D eigenvalue weighted by Crippen LogP contribution is -2.39. The Balaban J connectivity index is 1.85. The summed E-state index contributed by atoms with van der Waals surface area (Å²) >= 11 is 6.05. The van der Waals surface area contributed by atoms with Crippen LogP contribution in [0.2, 0.25) is 5.02 Å². The van der Waals surface area contributed by atoms with Crippen molar-refractivity contribution in [2.24, 2.45) is 11.8 Å². The fourth-order valence-corrected chi connectivity index (χ4v) is 3.13. The Bertz CT molecular complexity index is 450. The largest absolute Gasteiger partial charge is 0.316 e. The summed E-state index contributed by atoms with van der Waals surface area (Å²) in [5.41, 5.74) is 0.896. The van der Waals surface area contributed by atoms with Gasteiger partial charge in [0.05, 0.1) is 5.02 Å². The van der Waals surface area contributed by atoms with E-state index in [0.717, 1.165) is 38.3 Å². The summed E-state index contributed by atoms with van der Waals surface area (Å²) in [4.78, 5) is 2.39. The van der Waals surface area contributed by atoms with Crippen LogP contribution in [0, 0.1) is 17.7 Å². The van der Waals surface area contributed by atoms with E-state index < -0.39 is 0 Å². The summed E-state index contributed by atoms with van der Waals surface area (Å²) in [6.07, 6.45) is 2.49. The molecule has 0 saturated carbocycles. The second-order valence-corrected chi connectivity index (χ2v) is 6.89. The Kier molecular flexibility index (Phi) is 6.46. The van der Waals surface area contributed by atoms with Crippen molar-refractivity contribution in [1.82, 2.24) is 10.2 Å². The Morgan fingerprint density at radius 3 is 3.00 bits per heavy atom. The molecule has 1 atom stereocenters. The summed E-state index contributed by atoms with van der Waals surface area (Å²) in [6, 6.07) is 5.08. The number of halogens is 2. The lowest BCUT2D eigenvalue weighted by Gasteiger charge is -2.33. The number of piperidine rings is 1. The van der Waals surface area contributed by atoms with E-state index in [-0.39, 0.29) is 10.8 Å². The molecule has 0 aliphatic carbocycles. The summed E-state index contributed by atoms with van der Waals surface area (Å²) in [5.74, 6) is 1.06. The lowest BCUT2D eigenvalue weighted by molar-refractivity contribution is 0.164. The van der Waals surface area contributed by atoms with Crippen molar-refractivity contribution >= 4 is 11.6 Å².